The number of hydrogen-bond donors (Lipinski definition) is 1. The second kappa shape index (κ2) is 5.76. The number of halogens is 2. The number of amides is 1. The van der Waals surface area contributed by atoms with E-state index in [-0.39, 0.29) is 30.3 Å². The quantitative estimate of drug-likeness (QED) is 0.905. The molecular weight excluding hydrogens is 304 g/mol. The normalized spacial score (nSPS) is 18.0. The third-order valence-corrected chi connectivity index (χ3v) is 3.86. The molecule has 130 valence electrons. The molecule has 23 heavy (non-hydrogen) atoms. The van der Waals surface area contributed by atoms with Gasteiger partial charge in [-0.3, -0.25) is 10.00 Å². The largest absolute Gasteiger partial charge is 0.447 e. The van der Waals surface area contributed by atoms with E-state index in [1.54, 1.807) is 20.9 Å². The zero-order chi connectivity index (χ0) is 17.6. The minimum Gasteiger partial charge on any atom is -0.447 e. The van der Waals surface area contributed by atoms with Crippen LogP contribution in [0.15, 0.2) is 0 Å². The SMILES string of the molecule is CC(C)OC(=O)Nc1c(C(C)(C)C)c(C2CC(F)(F)C2)nn1C. The van der Waals surface area contributed by atoms with Crippen LogP contribution in [-0.2, 0) is 17.2 Å². The number of ether oxygens (including phenoxy) is 1. The van der Waals surface area contributed by atoms with Crippen LogP contribution >= 0.6 is 0 Å². The van der Waals surface area contributed by atoms with Crippen molar-refractivity contribution in [2.75, 3.05) is 5.32 Å². The highest BCUT2D eigenvalue weighted by atomic mass is 19.3. The highest BCUT2D eigenvalue weighted by Gasteiger charge is 2.49. The maximum absolute atomic E-state index is 13.2. The molecule has 7 heteroatoms. The number of anilines is 1. The Morgan fingerprint density at radius 3 is 2.39 bits per heavy atom. The maximum Gasteiger partial charge on any atom is 0.413 e. The average molecular weight is 329 g/mol. The molecule has 1 fully saturated rings. The van der Waals surface area contributed by atoms with Gasteiger partial charge in [-0.15, -0.1) is 0 Å². The van der Waals surface area contributed by atoms with E-state index >= 15 is 0 Å². The molecule has 1 heterocycles. The number of carbonyl (C=O) groups excluding carboxylic acids is 1. The Morgan fingerprint density at radius 1 is 1.39 bits per heavy atom. The van der Waals surface area contributed by atoms with Crippen LogP contribution in [0.2, 0.25) is 0 Å². The standard InChI is InChI=1S/C16H25F2N3O2/c1-9(2)23-14(22)19-13-11(15(3,4)5)12(20-21(13)6)10-7-16(17,18)8-10/h9-10H,7-8H2,1-6H3,(H,19,22). The van der Waals surface area contributed by atoms with E-state index in [4.69, 9.17) is 4.74 Å². The molecule has 0 saturated heterocycles. The summed E-state index contributed by atoms with van der Waals surface area (Å²) in [4.78, 5) is 11.9. The molecule has 1 saturated carbocycles. The number of aromatic nitrogens is 2. The van der Waals surface area contributed by atoms with Gasteiger partial charge in [0.25, 0.3) is 0 Å². The number of aryl methyl sites for hydroxylation is 1. The van der Waals surface area contributed by atoms with E-state index in [1.807, 2.05) is 20.8 Å². The first kappa shape index (κ1) is 17.7. The minimum absolute atomic E-state index is 0.191. The topological polar surface area (TPSA) is 56.1 Å². The molecule has 1 aromatic heterocycles. The van der Waals surface area contributed by atoms with E-state index in [2.05, 4.69) is 10.4 Å². The maximum atomic E-state index is 13.2. The van der Waals surface area contributed by atoms with Gasteiger partial charge in [-0.05, 0) is 19.3 Å². The van der Waals surface area contributed by atoms with Crippen molar-refractivity contribution in [3.8, 4) is 0 Å². The summed E-state index contributed by atoms with van der Waals surface area (Å²) in [5, 5.41) is 7.12. The van der Waals surface area contributed by atoms with E-state index in [1.165, 1.54) is 4.68 Å². The van der Waals surface area contributed by atoms with Gasteiger partial charge in [0.1, 0.15) is 5.82 Å². The van der Waals surface area contributed by atoms with Crippen molar-refractivity contribution in [1.82, 2.24) is 9.78 Å². The van der Waals surface area contributed by atoms with Crippen LogP contribution < -0.4 is 5.32 Å². The van der Waals surface area contributed by atoms with Crippen molar-refractivity contribution in [2.45, 2.75) is 70.8 Å². The Kier molecular flexibility index (Phi) is 4.43. The number of nitrogens with one attached hydrogen (secondary N) is 1. The first-order valence-electron chi connectivity index (χ1n) is 7.83. The third-order valence-electron chi connectivity index (χ3n) is 3.86. The molecule has 1 amide bonds. The van der Waals surface area contributed by atoms with Crippen LogP contribution in [0.4, 0.5) is 19.4 Å². The first-order chi connectivity index (χ1) is 10.4. The van der Waals surface area contributed by atoms with Crippen molar-refractivity contribution >= 4 is 11.9 Å². The fourth-order valence-corrected chi connectivity index (χ4v) is 2.91. The molecule has 0 unspecified atom stereocenters. The van der Waals surface area contributed by atoms with Crippen LogP contribution in [0, 0.1) is 0 Å². The van der Waals surface area contributed by atoms with Crippen molar-refractivity contribution < 1.29 is 18.3 Å². The molecule has 0 aliphatic heterocycles. The summed E-state index contributed by atoms with van der Waals surface area (Å²) in [5.74, 6) is -2.38. The predicted octanol–water partition coefficient (Wildman–Crippen LogP) is 4.19. The lowest BCUT2D eigenvalue weighted by Gasteiger charge is -2.35. The Morgan fingerprint density at radius 2 is 1.96 bits per heavy atom. The Bertz CT molecular complexity index is 595. The molecule has 0 atom stereocenters. The summed E-state index contributed by atoms with van der Waals surface area (Å²) in [6.45, 7) is 9.45. The third kappa shape index (κ3) is 3.82. The van der Waals surface area contributed by atoms with E-state index in [0.29, 0.717) is 11.5 Å². The molecule has 1 N–H and O–H groups in total. The number of nitrogens with zero attached hydrogens (tertiary/aromatic N) is 2. The Hall–Kier alpha value is -1.66. The van der Waals surface area contributed by atoms with Crippen molar-refractivity contribution in [3.05, 3.63) is 11.3 Å². The zero-order valence-corrected chi connectivity index (χ0v) is 14.5. The lowest BCUT2D eigenvalue weighted by molar-refractivity contribution is -0.0879. The number of carbonyl (C=O) groups is 1. The van der Waals surface area contributed by atoms with Gasteiger partial charge < -0.3 is 4.74 Å². The summed E-state index contributed by atoms with van der Waals surface area (Å²) in [7, 11) is 1.69. The highest BCUT2D eigenvalue weighted by molar-refractivity contribution is 5.85. The second-order valence-electron chi connectivity index (χ2n) is 7.52. The van der Waals surface area contributed by atoms with Crippen LogP contribution in [0.25, 0.3) is 0 Å². The van der Waals surface area contributed by atoms with E-state index < -0.39 is 12.0 Å². The Labute approximate surface area is 135 Å². The monoisotopic (exact) mass is 329 g/mol. The number of rotatable bonds is 3. The van der Waals surface area contributed by atoms with Gasteiger partial charge in [0.15, 0.2) is 0 Å². The van der Waals surface area contributed by atoms with Crippen LogP contribution in [-0.4, -0.2) is 27.9 Å². The van der Waals surface area contributed by atoms with Gasteiger partial charge in [0, 0.05) is 31.4 Å². The van der Waals surface area contributed by atoms with Crippen LogP contribution in [0.3, 0.4) is 0 Å². The molecule has 1 aliphatic carbocycles. The fourth-order valence-electron chi connectivity index (χ4n) is 2.91. The predicted molar refractivity (Wildman–Crippen MR) is 84.1 cm³/mol. The number of hydrogen-bond acceptors (Lipinski definition) is 3. The second-order valence-corrected chi connectivity index (χ2v) is 7.52. The van der Waals surface area contributed by atoms with Gasteiger partial charge >= 0.3 is 6.09 Å². The smallest absolute Gasteiger partial charge is 0.413 e. The van der Waals surface area contributed by atoms with Crippen molar-refractivity contribution in [3.63, 3.8) is 0 Å². The molecule has 2 rings (SSSR count). The molecule has 0 radical (unpaired) electrons. The summed E-state index contributed by atoms with van der Waals surface area (Å²) < 4.78 is 33.1. The summed E-state index contributed by atoms with van der Waals surface area (Å²) in [5.41, 5.74) is 1.10. The van der Waals surface area contributed by atoms with Gasteiger partial charge in [-0.25, -0.2) is 13.6 Å². The average Bonchev–Trinajstić information content (AvgIpc) is 2.61. The Balaban J connectivity index is 2.35. The molecule has 0 aromatic carbocycles. The molecule has 0 bridgehead atoms. The van der Waals surface area contributed by atoms with Gasteiger partial charge in [0.05, 0.1) is 11.8 Å². The molecule has 0 spiro atoms. The van der Waals surface area contributed by atoms with E-state index in [0.717, 1.165) is 5.56 Å². The van der Waals surface area contributed by atoms with Crippen LogP contribution in [0.5, 0.6) is 0 Å². The highest BCUT2D eigenvalue weighted by Crippen LogP contribution is 2.51. The first-order valence-corrected chi connectivity index (χ1v) is 7.83. The number of alkyl halides is 2. The molecular formula is C16H25F2N3O2. The fraction of sp³-hybridized carbons (Fsp3) is 0.750. The van der Waals surface area contributed by atoms with Crippen LogP contribution in [0.1, 0.15) is 64.6 Å². The van der Waals surface area contributed by atoms with Gasteiger partial charge in [-0.2, -0.15) is 5.10 Å². The van der Waals surface area contributed by atoms with Crippen molar-refractivity contribution in [2.24, 2.45) is 7.05 Å². The lowest BCUT2D eigenvalue weighted by Crippen LogP contribution is -2.35. The summed E-state index contributed by atoms with van der Waals surface area (Å²) in [6.07, 6.45) is -1.20. The lowest BCUT2D eigenvalue weighted by atomic mass is 9.74. The van der Waals surface area contributed by atoms with Crippen molar-refractivity contribution in [1.29, 1.82) is 0 Å². The minimum atomic E-state index is -2.61. The van der Waals surface area contributed by atoms with Gasteiger partial charge in [-0.1, -0.05) is 20.8 Å². The van der Waals surface area contributed by atoms with E-state index in [9.17, 15) is 13.6 Å². The molecule has 1 aliphatic rings. The summed E-state index contributed by atoms with van der Waals surface area (Å²) in [6, 6.07) is 0. The zero-order valence-electron chi connectivity index (χ0n) is 14.5. The summed E-state index contributed by atoms with van der Waals surface area (Å²) >= 11 is 0. The molecule has 1 aromatic rings. The molecule has 5 nitrogen and oxygen atoms in total. The van der Waals surface area contributed by atoms with Gasteiger partial charge in [0.2, 0.25) is 5.92 Å².